The molecule has 0 unspecified atom stereocenters. The number of benzene rings is 2. The zero-order valence-electron chi connectivity index (χ0n) is 9.90. The van der Waals surface area contributed by atoms with E-state index in [4.69, 9.17) is 0 Å². The van der Waals surface area contributed by atoms with Crippen LogP contribution < -0.4 is 5.32 Å². The van der Waals surface area contributed by atoms with Crippen LogP contribution >= 0.6 is 27.7 Å². The van der Waals surface area contributed by atoms with Gasteiger partial charge in [-0.05, 0) is 46.3 Å². The summed E-state index contributed by atoms with van der Waals surface area (Å²) in [5.41, 5.74) is 0.576. The minimum atomic E-state index is -0.350. The second-order valence-electron chi connectivity index (χ2n) is 3.78. The summed E-state index contributed by atoms with van der Waals surface area (Å²) in [6, 6.07) is 14.1. The molecule has 0 spiro atoms. The Morgan fingerprint density at radius 2 is 1.95 bits per heavy atom. The SMILES string of the molecule is O=C(CSc1ccccc1)Nc1ccc(F)c(Br)c1. The molecular weight excluding hydrogens is 329 g/mol. The molecule has 0 aliphatic rings. The van der Waals surface area contributed by atoms with Crippen molar-refractivity contribution >= 4 is 39.3 Å². The van der Waals surface area contributed by atoms with Crippen molar-refractivity contribution in [3.63, 3.8) is 0 Å². The Morgan fingerprint density at radius 1 is 1.21 bits per heavy atom. The average molecular weight is 340 g/mol. The van der Waals surface area contributed by atoms with Gasteiger partial charge >= 0.3 is 0 Å². The summed E-state index contributed by atoms with van der Waals surface area (Å²) in [4.78, 5) is 12.8. The van der Waals surface area contributed by atoms with Crippen molar-refractivity contribution in [2.24, 2.45) is 0 Å². The first kappa shape index (κ1) is 14.1. The summed E-state index contributed by atoms with van der Waals surface area (Å²) in [5.74, 6) is -0.150. The topological polar surface area (TPSA) is 29.1 Å². The fourth-order valence-electron chi connectivity index (χ4n) is 1.44. The van der Waals surface area contributed by atoms with Gasteiger partial charge in [0.25, 0.3) is 0 Å². The van der Waals surface area contributed by atoms with Gasteiger partial charge in [0.2, 0.25) is 5.91 Å². The summed E-state index contributed by atoms with van der Waals surface area (Å²) in [6.45, 7) is 0. The van der Waals surface area contributed by atoms with Crippen molar-refractivity contribution in [3.8, 4) is 0 Å². The first-order valence-electron chi connectivity index (χ1n) is 5.58. The molecule has 0 saturated carbocycles. The highest BCUT2D eigenvalue weighted by molar-refractivity contribution is 9.10. The molecule has 0 aliphatic heterocycles. The van der Waals surface area contributed by atoms with Crippen LogP contribution in [0.4, 0.5) is 10.1 Å². The fourth-order valence-corrected chi connectivity index (χ4v) is 2.53. The molecule has 0 saturated heterocycles. The molecule has 0 atom stereocenters. The van der Waals surface area contributed by atoms with Gasteiger partial charge in [-0.25, -0.2) is 4.39 Å². The highest BCUT2D eigenvalue weighted by Crippen LogP contribution is 2.21. The van der Waals surface area contributed by atoms with E-state index >= 15 is 0 Å². The van der Waals surface area contributed by atoms with E-state index in [-0.39, 0.29) is 11.7 Å². The maximum Gasteiger partial charge on any atom is 0.234 e. The summed E-state index contributed by atoms with van der Waals surface area (Å²) in [6.07, 6.45) is 0. The third-order valence-electron chi connectivity index (χ3n) is 2.32. The van der Waals surface area contributed by atoms with Crippen LogP contribution in [0.5, 0.6) is 0 Å². The first-order valence-corrected chi connectivity index (χ1v) is 7.36. The molecule has 1 amide bonds. The van der Waals surface area contributed by atoms with Crippen LogP contribution in [0, 0.1) is 5.82 Å². The number of halogens is 2. The second-order valence-corrected chi connectivity index (χ2v) is 5.68. The molecule has 1 N–H and O–H groups in total. The summed E-state index contributed by atoms with van der Waals surface area (Å²) < 4.78 is 13.4. The van der Waals surface area contributed by atoms with Crippen molar-refractivity contribution in [1.29, 1.82) is 0 Å². The molecule has 0 heterocycles. The zero-order valence-corrected chi connectivity index (χ0v) is 12.3. The summed E-state index contributed by atoms with van der Waals surface area (Å²) in [7, 11) is 0. The predicted molar refractivity (Wildman–Crippen MR) is 79.9 cm³/mol. The highest BCUT2D eigenvalue weighted by Gasteiger charge is 2.05. The molecule has 2 nitrogen and oxygen atoms in total. The Labute approximate surface area is 123 Å². The van der Waals surface area contributed by atoms with E-state index < -0.39 is 0 Å². The Kier molecular flexibility index (Phi) is 4.99. The summed E-state index contributed by atoms with van der Waals surface area (Å²) in [5, 5.41) is 2.72. The minimum Gasteiger partial charge on any atom is -0.325 e. The molecule has 5 heteroatoms. The van der Waals surface area contributed by atoms with Gasteiger partial charge in [0.1, 0.15) is 5.82 Å². The largest absolute Gasteiger partial charge is 0.325 e. The smallest absolute Gasteiger partial charge is 0.234 e. The molecule has 2 aromatic carbocycles. The van der Waals surface area contributed by atoms with Gasteiger partial charge in [0, 0.05) is 10.6 Å². The van der Waals surface area contributed by atoms with E-state index in [9.17, 15) is 9.18 Å². The number of carbonyl (C=O) groups is 1. The molecule has 0 fully saturated rings. The number of hydrogen-bond donors (Lipinski definition) is 1. The minimum absolute atomic E-state index is 0.118. The normalized spacial score (nSPS) is 10.2. The van der Waals surface area contributed by atoms with Gasteiger partial charge < -0.3 is 5.32 Å². The maximum absolute atomic E-state index is 13.0. The Morgan fingerprint density at radius 3 is 2.63 bits per heavy atom. The third kappa shape index (κ3) is 4.36. The monoisotopic (exact) mass is 339 g/mol. The average Bonchev–Trinajstić information content (AvgIpc) is 2.42. The third-order valence-corrected chi connectivity index (χ3v) is 3.94. The molecule has 19 heavy (non-hydrogen) atoms. The van der Waals surface area contributed by atoms with Gasteiger partial charge in [-0.1, -0.05) is 18.2 Å². The van der Waals surface area contributed by atoms with E-state index in [1.807, 2.05) is 30.3 Å². The number of carbonyl (C=O) groups excluding carboxylic acids is 1. The second kappa shape index (κ2) is 6.73. The lowest BCUT2D eigenvalue weighted by Crippen LogP contribution is -2.13. The first-order chi connectivity index (χ1) is 9.15. The van der Waals surface area contributed by atoms with Crippen LogP contribution in [-0.4, -0.2) is 11.7 Å². The number of amides is 1. The highest BCUT2D eigenvalue weighted by atomic mass is 79.9. The van der Waals surface area contributed by atoms with E-state index in [2.05, 4.69) is 21.2 Å². The lowest BCUT2D eigenvalue weighted by Gasteiger charge is -2.06. The number of anilines is 1. The Bertz CT molecular complexity index is 577. The van der Waals surface area contributed by atoms with Crippen LogP contribution in [0.2, 0.25) is 0 Å². The quantitative estimate of drug-likeness (QED) is 0.840. The Balaban J connectivity index is 1.89. The lowest BCUT2D eigenvalue weighted by atomic mass is 10.3. The molecule has 98 valence electrons. The van der Waals surface area contributed by atoms with Gasteiger partial charge in [-0.2, -0.15) is 0 Å². The zero-order chi connectivity index (χ0) is 13.7. The van der Waals surface area contributed by atoms with Gasteiger partial charge in [0.15, 0.2) is 0 Å². The molecule has 0 radical (unpaired) electrons. The van der Waals surface area contributed by atoms with E-state index in [0.29, 0.717) is 15.9 Å². The molecule has 2 rings (SSSR count). The molecule has 0 aliphatic carbocycles. The van der Waals surface area contributed by atoms with Crippen LogP contribution in [0.15, 0.2) is 57.9 Å². The van der Waals surface area contributed by atoms with Crippen LogP contribution in [0.1, 0.15) is 0 Å². The number of hydrogen-bond acceptors (Lipinski definition) is 2. The number of nitrogens with one attached hydrogen (secondary N) is 1. The molecule has 0 bridgehead atoms. The Hall–Kier alpha value is -1.33. The maximum atomic E-state index is 13.0. The lowest BCUT2D eigenvalue weighted by molar-refractivity contribution is -0.113. The molecule has 2 aromatic rings. The van der Waals surface area contributed by atoms with Crippen molar-refractivity contribution < 1.29 is 9.18 Å². The summed E-state index contributed by atoms with van der Waals surface area (Å²) >= 11 is 4.54. The van der Waals surface area contributed by atoms with Crippen molar-refractivity contribution in [2.45, 2.75) is 4.90 Å². The number of thioether (sulfide) groups is 1. The van der Waals surface area contributed by atoms with Crippen LogP contribution in [0.3, 0.4) is 0 Å². The van der Waals surface area contributed by atoms with E-state index in [1.165, 1.54) is 23.9 Å². The van der Waals surface area contributed by atoms with Crippen molar-refractivity contribution in [1.82, 2.24) is 0 Å². The standard InChI is InChI=1S/C14H11BrFNOS/c15-12-8-10(6-7-13(12)16)17-14(18)9-19-11-4-2-1-3-5-11/h1-8H,9H2,(H,17,18). The molecular formula is C14H11BrFNOS. The predicted octanol–water partition coefficient (Wildman–Crippen LogP) is 4.32. The number of rotatable bonds is 4. The van der Waals surface area contributed by atoms with E-state index in [0.717, 1.165) is 4.90 Å². The molecule has 0 aromatic heterocycles. The van der Waals surface area contributed by atoms with Gasteiger partial charge in [-0.15, -0.1) is 11.8 Å². The fraction of sp³-hybridized carbons (Fsp3) is 0.0714. The van der Waals surface area contributed by atoms with Gasteiger partial charge in [0.05, 0.1) is 10.2 Å². The van der Waals surface area contributed by atoms with Gasteiger partial charge in [-0.3, -0.25) is 4.79 Å². The van der Waals surface area contributed by atoms with Crippen LogP contribution in [-0.2, 0) is 4.79 Å². The van der Waals surface area contributed by atoms with Crippen LogP contribution in [0.25, 0.3) is 0 Å². The van der Waals surface area contributed by atoms with Crippen molar-refractivity contribution in [2.75, 3.05) is 11.1 Å². The van der Waals surface area contributed by atoms with E-state index in [1.54, 1.807) is 6.07 Å². The van der Waals surface area contributed by atoms with Crippen molar-refractivity contribution in [3.05, 3.63) is 58.8 Å².